The molecule has 0 aliphatic heterocycles. The molecule has 0 aromatic heterocycles. The van der Waals surface area contributed by atoms with E-state index in [-0.39, 0.29) is 17.3 Å². The van der Waals surface area contributed by atoms with E-state index >= 15 is 0 Å². The first-order chi connectivity index (χ1) is 12.4. The SMILES string of the molecule is CNCCCNC(=O)c1ccc(C)c(S(=O)(=O)NCc2ccccc2)c1. The highest BCUT2D eigenvalue weighted by Crippen LogP contribution is 2.17. The highest BCUT2D eigenvalue weighted by atomic mass is 32.2. The van der Waals surface area contributed by atoms with Gasteiger partial charge in [-0.15, -0.1) is 0 Å². The predicted molar refractivity (Wildman–Crippen MR) is 103 cm³/mol. The van der Waals surface area contributed by atoms with E-state index in [0.29, 0.717) is 17.7 Å². The third-order valence-electron chi connectivity index (χ3n) is 3.94. The smallest absolute Gasteiger partial charge is 0.251 e. The molecular formula is C19H25N3O3S. The molecule has 2 aromatic carbocycles. The highest BCUT2D eigenvalue weighted by molar-refractivity contribution is 7.89. The van der Waals surface area contributed by atoms with Gasteiger partial charge in [0.2, 0.25) is 10.0 Å². The molecule has 0 radical (unpaired) electrons. The maximum atomic E-state index is 12.6. The Kier molecular flexibility index (Phi) is 7.32. The predicted octanol–water partition coefficient (Wildman–Crippen LogP) is 1.81. The number of aryl methyl sites for hydroxylation is 1. The number of amides is 1. The number of carbonyl (C=O) groups is 1. The molecule has 0 spiro atoms. The normalized spacial score (nSPS) is 11.3. The van der Waals surface area contributed by atoms with E-state index in [9.17, 15) is 13.2 Å². The summed E-state index contributed by atoms with van der Waals surface area (Å²) in [4.78, 5) is 12.4. The molecule has 0 fully saturated rings. The van der Waals surface area contributed by atoms with Crippen molar-refractivity contribution in [3.63, 3.8) is 0 Å². The van der Waals surface area contributed by atoms with Gasteiger partial charge >= 0.3 is 0 Å². The van der Waals surface area contributed by atoms with Crippen molar-refractivity contribution in [2.45, 2.75) is 24.8 Å². The molecule has 0 saturated carbocycles. The van der Waals surface area contributed by atoms with Gasteiger partial charge in [-0.25, -0.2) is 13.1 Å². The van der Waals surface area contributed by atoms with Crippen LogP contribution in [0.4, 0.5) is 0 Å². The number of rotatable bonds is 9. The van der Waals surface area contributed by atoms with Gasteiger partial charge in [0.15, 0.2) is 0 Å². The minimum absolute atomic E-state index is 0.122. The van der Waals surface area contributed by atoms with Crippen LogP contribution in [0.25, 0.3) is 0 Å². The van der Waals surface area contributed by atoms with Crippen molar-refractivity contribution in [2.75, 3.05) is 20.1 Å². The molecular weight excluding hydrogens is 350 g/mol. The maximum absolute atomic E-state index is 12.6. The van der Waals surface area contributed by atoms with Crippen LogP contribution in [-0.4, -0.2) is 34.5 Å². The molecule has 0 bridgehead atoms. The first-order valence-corrected chi connectivity index (χ1v) is 9.99. The molecule has 2 aromatic rings. The summed E-state index contributed by atoms with van der Waals surface area (Å²) in [6.07, 6.45) is 0.803. The van der Waals surface area contributed by atoms with Gasteiger partial charge < -0.3 is 10.6 Å². The third-order valence-corrected chi connectivity index (χ3v) is 5.48. The minimum Gasteiger partial charge on any atom is -0.352 e. The summed E-state index contributed by atoms with van der Waals surface area (Å²) in [6.45, 7) is 3.24. The maximum Gasteiger partial charge on any atom is 0.251 e. The first-order valence-electron chi connectivity index (χ1n) is 8.51. The second kappa shape index (κ2) is 9.47. The molecule has 0 saturated heterocycles. The molecule has 7 heteroatoms. The zero-order chi connectivity index (χ0) is 19.0. The molecule has 1 amide bonds. The van der Waals surface area contributed by atoms with Gasteiger partial charge in [-0.2, -0.15) is 0 Å². The second-order valence-electron chi connectivity index (χ2n) is 6.00. The van der Waals surface area contributed by atoms with Crippen molar-refractivity contribution in [1.82, 2.24) is 15.4 Å². The molecule has 0 aliphatic carbocycles. The lowest BCUT2D eigenvalue weighted by Crippen LogP contribution is -2.28. The Labute approximate surface area is 155 Å². The second-order valence-corrected chi connectivity index (χ2v) is 7.74. The largest absolute Gasteiger partial charge is 0.352 e. The lowest BCUT2D eigenvalue weighted by Gasteiger charge is -2.12. The molecule has 0 heterocycles. The van der Waals surface area contributed by atoms with Crippen LogP contribution in [0.15, 0.2) is 53.4 Å². The van der Waals surface area contributed by atoms with E-state index in [1.165, 1.54) is 6.07 Å². The Hall–Kier alpha value is -2.22. The summed E-state index contributed by atoms with van der Waals surface area (Å²) in [7, 11) is -1.87. The third kappa shape index (κ3) is 5.66. The molecule has 0 aliphatic rings. The van der Waals surface area contributed by atoms with E-state index in [1.807, 2.05) is 37.4 Å². The van der Waals surface area contributed by atoms with Crippen LogP contribution in [0.1, 0.15) is 27.9 Å². The van der Waals surface area contributed by atoms with Crippen LogP contribution in [0.3, 0.4) is 0 Å². The molecule has 6 nitrogen and oxygen atoms in total. The minimum atomic E-state index is -3.71. The van der Waals surface area contributed by atoms with Crippen molar-refractivity contribution in [3.05, 3.63) is 65.2 Å². The van der Waals surface area contributed by atoms with Crippen molar-refractivity contribution in [2.24, 2.45) is 0 Å². The van der Waals surface area contributed by atoms with Gasteiger partial charge in [-0.05, 0) is 50.2 Å². The standard InChI is InChI=1S/C19H25N3O3S/c1-15-9-10-17(19(23)21-12-6-11-20-2)13-18(15)26(24,25)22-14-16-7-4-3-5-8-16/h3-5,7-10,13,20,22H,6,11-12,14H2,1-2H3,(H,21,23). The zero-order valence-electron chi connectivity index (χ0n) is 15.1. The summed E-state index contributed by atoms with van der Waals surface area (Å²) >= 11 is 0. The summed E-state index contributed by atoms with van der Waals surface area (Å²) in [5, 5.41) is 5.80. The lowest BCUT2D eigenvalue weighted by atomic mass is 10.1. The highest BCUT2D eigenvalue weighted by Gasteiger charge is 2.19. The fourth-order valence-electron chi connectivity index (χ4n) is 2.45. The molecule has 0 unspecified atom stereocenters. The lowest BCUT2D eigenvalue weighted by molar-refractivity contribution is 0.0953. The fourth-order valence-corrected chi connectivity index (χ4v) is 3.74. The number of sulfonamides is 1. The van der Waals surface area contributed by atoms with E-state index in [0.717, 1.165) is 18.5 Å². The number of benzene rings is 2. The van der Waals surface area contributed by atoms with Gasteiger partial charge in [0.05, 0.1) is 4.90 Å². The van der Waals surface area contributed by atoms with Crippen LogP contribution in [-0.2, 0) is 16.6 Å². The average Bonchev–Trinajstić information content (AvgIpc) is 2.64. The molecule has 0 atom stereocenters. The van der Waals surface area contributed by atoms with Gasteiger partial charge in [0.1, 0.15) is 0 Å². The average molecular weight is 375 g/mol. The van der Waals surface area contributed by atoms with E-state index in [4.69, 9.17) is 0 Å². The van der Waals surface area contributed by atoms with Crippen LogP contribution in [0.5, 0.6) is 0 Å². The fraction of sp³-hybridized carbons (Fsp3) is 0.316. The number of hydrogen-bond acceptors (Lipinski definition) is 4. The number of carbonyl (C=O) groups excluding carboxylic acids is 1. The van der Waals surface area contributed by atoms with Crippen molar-refractivity contribution in [3.8, 4) is 0 Å². The van der Waals surface area contributed by atoms with Crippen LogP contribution in [0, 0.1) is 6.92 Å². The Morgan fingerprint density at radius 1 is 1.04 bits per heavy atom. The van der Waals surface area contributed by atoms with Gasteiger partial charge in [0.25, 0.3) is 5.91 Å². The van der Waals surface area contributed by atoms with E-state index in [1.54, 1.807) is 19.1 Å². The van der Waals surface area contributed by atoms with Crippen molar-refractivity contribution < 1.29 is 13.2 Å². The Morgan fingerprint density at radius 3 is 2.46 bits per heavy atom. The summed E-state index contributed by atoms with van der Waals surface area (Å²) in [5.41, 5.74) is 1.80. The van der Waals surface area contributed by atoms with Crippen LogP contribution >= 0.6 is 0 Å². The Balaban J connectivity index is 2.11. The monoisotopic (exact) mass is 375 g/mol. The first kappa shape index (κ1) is 20.1. The molecule has 26 heavy (non-hydrogen) atoms. The topological polar surface area (TPSA) is 87.3 Å². The van der Waals surface area contributed by atoms with Gasteiger partial charge in [-0.3, -0.25) is 4.79 Å². The van der Waals surface area contributed by atoms with Gasteiger partial charge in [-0.1, -0.05) is 36.4 Å². The van der Waals surface area contributed by atoms with Crippen molar-refractivity contribution >= 4 is 15.9 Å². The number of nitrogens with one attached hydrogen (secondary N) is 3. The summed E-state index contributed by atoms with van der Waals surface area (Å²) in [6, 6.07) is 14.0. The van der Waals surface area contributed by atoms with Crippen molar-refractivity contribution in [1.29, 1.82) is 0 Å². The van der Waals surface area contributed by atoms with Gasteiger partial charge in [0, 0.05) is 18.7 Å². The molecule has 2 rings (SSSR count). The number of hydrogen-bond donors (Lipinski definition) is 3. The quantitative estimate of drug-likeness (QED) is 0.584. The Bertz CT molecular complexity index is 836. The Morgan fingerprint density at radius 2 is 1.77 bits per heavy atom. The van der Waals surface area contributed by atoms with Crippen LogP contribution in [0.2, 0.25) is 0 Å². The molecule has 3 N–H and O–H groups in total. The van der Waals surface area contributed by atoms with E-state index in [2.05, 4.69) is 15.4 Å². The zero-order valence-corrected chi connectivity index (χ0v) is 15.9. The summed E-state index contributed by atoms with van der Waals surface area (Å²) in [5.74, 6) is -0.277. The van der Waals surface area contributed by atoms with E-state index < -0.39 is 10.0 Å². The summed E-state index contributed by atoms with van der Waals surface area (Å²) < 4.78 is 27.9. The van der Waals surface area contributed by atoms with Crippen LogP contribution < -0.4 is 15.4 Å². The molecule has 140 valence electrons.